The molecule has 0 fully saturated rings. The molecule has 0 spiro atoms. The van der Waals surface area contributed by atoms with Crippen LogP contribution in [-0.2, 0) is 6.54 Å². The summed E-state index contributed by atoms with van der Waals surface area (Å²) < 4.78 is 5.63. The van der Waals surface area contributed by atoms with E-state index in [0.29, 0.717) is 6.61 Å². The molecule has 1 heterocycles. The summed E-state index contributed by atoms with van der Waals surface area (Å²) in [4.78, 5) is 0. The van der Waals surface area contributed by atoms with Crippen LogP contribution in [0.2, 0.25) is 0 Å². The third kappa shape index (κ3) is 2.83. The van der Waals surface area contributed by atoms with Gasteiger partial charge in [-0.3, -0.25) is 5.10 Å². The number of anilines is 1. The zero-order valence-electron chi connectivity index (χ0n) is 11.1. The van der Waals surface area contributed by atoms with Gasteiger partial charge in [-0.2, -0.15) is 5.10 Å². The van der Waals surface area contributed by atoms with Crippen molar-refractivity contribution < 1.29 is 4.74 Å². The number of hydrogen-bond donors (Lipinski definition) is 2. The van der Waals surface area contributed by atoms with Crippen molar-refractivity contribution >= 4 is 5.69 Å². The lowest BCUT2D eigenvalue weighted by Gasteiger charge is -2.12. The van der Waals surface area contributed by atoms with Gasteiger partial charge in [0, 0.05) is 17.8 Å². The molecule has 2 aromatic rings. The smallest absolute Gasteiger partial charge is 0.142 e. The van der Waals surface area contributed by atoms with Crippen LogP contribution in [0.4, 0.5) is 5.69 Å². The van der Waals surface area contributed by atoms with E-state index in [1.807, 2.05) is 26.1 Å². The van der Waals surface area contributed by atoms with Crippen molar-refractivity contribution in [2.45, 2.75) is 27.3 Å². The molecule has 18 heavy (non-hydrogen) atoms. The first-order valence-corrected chi connectivity index (χ1v) is 6.17. The molecule has 0 unspecified atom stereocenters. The second kappa shape index (κ2) is 5.58. The maximum atomic E-state index is 5.63. The highest BCUT2D eigenvalue weighted by atomic mass is 16.5. The summed E-state index contributed by atoms with van der Waals surface area (Å²) in [6.45, 7) is 7.48. The van der Waals surface area contributed by atoms with Crippen LogP contribution < -0.4 is 10.1 Å². The lowest BCUT2D eigenvalue weighted by molar-refractivity contribution is 0.341. The Kier molecular flexibility index (Phi) is 3.87. The van der Waals surface area contributed by atoms with E-state index in [1.54, 1.807) is 0 Å². The molecule has 0 amide bonds. The summed E-state index contributed by atoms with van der Waals surface area (Å²) in [5, 5.41) is 10.3. The van der Waals surface area contributed by atoms with Crippen molar-refractivity contribution in [3.63, 3.8) is 0 Å². The second-order valence-electron chi connectivity index (χ2n) is 4.31. The molecular formula is C14H19N3O. The van der Waals surface area contributed by atoms with Crippen LogP contribution in [0.1, 0.15) is 23.7 Å². The van der Waals surface area contributed by atoms with Crippen molar-refractivity contribution in [3.8, 4) is 5.75 Å². The Morgan fingerprint density at radius 3 is 2.83 bits per heavy atom. The van der Waals surface area contributed by atoms with Gasteiger partial charge in [-0.05, 0) is 38.5 Å². The fourth-order valence-corrected chi connectivity index (χ4v) is 1.79. The summed E-state index contributed by atoms with van der Waals surface area (Å²) >= 11 is 0. The molecule has 0 aliphatic carbocycles. The summed E-state index contributed by atoms with van der Waals surface area (Å²) in [7, 11) is 0. The van der Waals surface area contributed by atoms with Crippen molar-refractivity contribution in [1.29, 1.82) is 0 Å². The molecule has 0 saturated carbocycles. The predicted octanol–water partition coefficient (Wildman–Crippen LogP) is 3.04. The summed E-state index contributed by atoms with van der Waals surface area (Å²) in [5.41, 5.74) is 4.47. The number of ether oxygens (including phenoxy) is 1. The molecule has 1 aromatic carbocycles. The van der Waals surface area contributed by atoms with Gasteiger partial charge >= 0.3 is 0 Å². The van der Waals surface area contributed by atoms with Gasteiger partial charge in [0.25, 0.3) is 0 Å². The number of hydrogen-bond acceptors (Lipinski definition) is 3. The number of rotatable bonds is 5. The fourth-order valence-electron chi connectivity index (χ4n) is 1.79. The minimum atomic E-state index is 0.670. The molecule has 0 aliphatic heterocycles. The van der Waals surface area contributed by atoms with Crippen LogP contribution in [-0.4, -0.2) is 16.8 Å². The Morgan fingerprint density at radius 1 is 1.33 bits per heavy atom. The van der Waals surface area contributed by atoms with E-state index in [-0.39, 0.29) is 0 Å². The Hall–Kier alpha value is -1.97. The van der Waals surface area contributed by atoms with Crippen LogP contribution in [0.3, 0.4) is 0 Å². The topological polar surface area (TPSA) is 49.9 Å². The zero-order chi connectivity index (χ0) is 13.0. The normalized spacial score (nSPS) is 10.4. The molecule has 0 bridgehead atoms. The molecule has 2 N–H and O–H groups in total. The van der Waals surface area contributed by atoms with Gasteiger partial charge in [0.2, 0.25) is 0 Å². The molecule has 0 atom stereocenters. The van der Waals surface area contributed by atoms with Crippen molar-refractivity contribution in [2.24, 2.45) is 0 Å². The number of benzene rings is 1. The first kappa shape index (κ1) is 12.5. The Labute approximate surface area is 107 Å². The summed E-state index contributed by atoms with van der Waals surface area (Å²) in [5.74, 6) is 0.902. The number of nitrogens with zero attached hydrogens (tertiary/aromatic N) is 1. The van der Waals surface area contributed by atoms with Crippen LogP contribution in [0, 0.1) is 13.8 Å². The van der Waals surface area contributed by atoms with E-state index in [0.717, 1.165) is 29.2 Å². The second-order valence-corrected chi connectivity index (χ2v) is 4.31. The monoisotopic (exact) mass is 245 g/mol. The van der Waals surface area contributed by atoms with Crippen LogP contribution >= 0.6 is 0 Å². The average molecular weight is 245 g/mol. The van der Waals surface area contributed by atoms with E-state index in [4.69, 9.17) is 4.74 Å². The largest absolute Gasteiger partial charge is 0.492 e. The third-order valence-electron chi connectivity index (χ3n) is 2.84. The van der Waals surface area contributed by atoms with E-state index in [1.165, 1.54) is 5.56 Å². The van der Waals surface area contributed by atoms with Crippen LogP contribution in [0.5, 0.6) is 5.75 Å². The van der Waals surface area contributed by atoms with E-state index < -0.39 is 0 Å². The SMILES string of the molecule is CCOc1cc(C)ccc1NCc1cn[nH]c1C. The maximum absolute atomic E-state index is 5.63. The van der Waals surface area contributed by atoms with E-state index >= 15 is 0 Å². The molecule has 4 heteroatoms. The van der Waals surface area contributed by atoms with Gasteiger partial charge in [0.1, 0.15) is 5.75 Å². The number of nitrogens with one attached hydrogen (secondary N) is 2. The standard InChI is InChI=1S/C14H19N3O/c1-4-18-14-7-10(2)5-6-13(14)15-8-12-9-16-17-11(12)3/h5-7,9,15H,4,8H2,1-3H3,(H,16,17). The molecule has 1 aromatic heterocycles. The molecule has 2 rings (SSSR count). The van der Waals surface area contributed by atoms with Crippen LogP contribution in [0.15, 0.2) is 24.4 Å². The lowest BCUT2D eigenvalue weighted by Crippen LogP contribution is -2.03. The molecule has 0 saturated heterocycles. The fraction of sp³-hybridized carbons (Fsp3) is 0.357. The minimum absolute atomic E-state index is 0.670. The Bertz CT molecular complexity index is 520. The van der Waals surface area contributed by atoms with Crippen molar-refractivity contribution in [3.05, 3.63) is 41.2 Å². The molecule has 0 aliphatic rings. The first-order valence-electron chi connectivity index (χ1n) is 6.17. The zero-order valence-corrected chi connectivity index (χ0v) is 11.1. The quantitative estimate of drug-likeness (QED) is 0.851. The van der Waals surface area contributed by atoms with Gasteiger partial charge in [-0.25, -0.2) is 0 Å². The van der Waals surface area contributed by atoms with Crippen LogP contribution in [0.25, 0.3) is 0 Å². The summed E-state index contributed by atoms with van der Waals surface area (Å²) in [6, 6.07) is 6.18. The number of aryl methyl sites for hydroxylation is 2. The first-order chi connectivity index (χ1) is 8.70. The minimum Gasteiger partial charge on any atom is -0.492 e. The predicted molar refractivity (Wildman–Crippen MR) is 73.0 cm³/mol. The van der Waals surface area contributed by atoms with Gasteiger partial charge in [-0.15, -0.1) is 0 Å². The average Bonchev–Trinajstić information content (AvgIpc) is 2.74. The van der Waals surface area contributed by atoms with Gasteiger partial charge in [-0.1, -0.05) is 6.07 Å². The lowest BCUT2D eigenvalue weighted by atomic mass is 10.2. The van der Waals surface area contributed by atoms with Crippen molar-refractivity contribution in [2.75, 3.05) is 11.9 Å². The molecular weight excluding hydrogens is 226 g/mol. The van der Waals surface area contributed by atoms with Gasteiger partial charge in [0.05, 0.1) is 18.5 Å². The Balaban J connectivity index is 2.11. The number of aromatic amines is 1. The highest BCUT2D eigenvalue weighted by Gasteiger charge is 2.05. The maximum Gasteiger partial charge on any atom is 0.142 e. The van der Waals surface area contributed by atoms with Gasteiger partial charge < -0.3 is 10.1 Å². The number of H-pyrrole nitrogens is 1. The molecule has 96 valence electrons. The van der Waals surface area contributed by atoms with E-state index in [2.05, 4.69) is 34.6 Å². The third-order valence-corrected chi connectivity index (χ3v) is 2.84. The van der Waals surface area contributed by atoms with Crippen molar-refractivity contribution in [1.82, 2.24) is 10.2 Å². The van der Waals surface area contributed by atoms with Gasteiger partial charge in [0.15, 0.2) is 0 Å². The summed E-state index contributed by atoms with van der Waals surface area (Å²) in [6.07, 6.45) is 1.84. The van der Waals surface area contributed by atoms with E-state index in [9.17, 15) is 0 Å². The Morgan fingerprint density at radius 2 is 2.17 bits per heavy atom. The molecule has 4 nitrogen and oxygen atoms in total. The number of aromatic nitrogens is 2. The highest BCUT2D eigenvalue weighted by molar-refractivity contribution is 5.57. The molecule has 0 radical (unpaired) electrons. The highest BCUT2D eigenvalue weighted by Crippen LogP contribution is 2.26.